The molecule has 0 atom stereocenters. The number of nitrogens with zero attached hydrogens (tertiary/aromatic N) is 4. The van der Waals surface area contributed by atoms with E-state index in [4.69, 9.17) is 0 Å². The Labute approximate surface area is 89.5 Å². The van der Waals surface area contributed by atoms with Crippen LogP contribution in [-0.2, 0) is 6.67 Å². The highest BCUT2D eigenvalue weighted by molar-refractivity contribution is 5.72. The molecule has 0 N–H and O–H groups in total. The van der Waals surface area contributed by atoms with E-state index in [0.29, 0.717) is 0 Å². The summed E-state index contributed by atoms with van der Waals surface area (Å²) < 4.78 is 0. The smallest absolute Gasteiger partial charge is 0.113 e. The van der Waals surface area contributed by atoms with E-state index >= 15 is 0 Å². The largest absolute Gasteiger partial charge is 0.283 e. The van der Waals surface area contributed by atoms with Gasteiger partial charge in [-0.25, -0.2) is 0 Å². The highest BCUT2D eigenvalue weighted by Gasteiger charge is 2.04. The second-order valence-electron chi connectivity index (χ2n) is 3.51. The van der Waals surface area contributed by atoms with Crippen LogP contribution in [0.2, 0.25) is 0 Å². The van der Waals surface area contributed by atoms with Gasteiger partial charge in [-0.05, 0) is 25.2 Å². The molecule has 2 aromatic rings. The third kappa shape index (κ3) is 2.15. The van der Waals surface area contributed by atoms with E-state index in [1.807, 2.05) is 24.3 Å². The van der Waals surface area contributed by atoms with Crippen LogP contribution in [0.15, 0.2) is 24.3 Å². The summed E-state index contributed by atoms with van der Waals surface area (Å²) in [6.07, 6.45) is 0. The molecule has 0 amide bonds. The standard InChI is InChI=1S/C11H16N4/c1-3-14(4-2)9-15-12-10-7-5-6-8-11(10)13-15/h5-8H,3-4,9H2,1-2H3. The summed E-state index contributed by atoms with van der Waals surface area (Å²) in [6, 6.07) is 7.94. The molecule has 0 unspecified atom stereocenters. The zero-order valence-corrected chi connectivity index (χ0v) is 9.22. The number of aromatic nitrogens is 3. The Morgan fingerprint density at radius 3 is 2.07 bits per heavy atom. The lowest BCUT2D eigenvalue weighted by Crippen LogP contribution is -2.27. The summed E-state index contributed by atoms with van der Waals surface area (Å²) in [6.45, 7) is 7.10. The number of hydrogen-bond donors (Lipinski definition) is 0. The summed E-state index contributed by atoms with van der Waals surface area (Å²) in [5, 5.41) is 8.82. The van der Waals surface area contributed by atoms with E-state index in [-0.39, 0.29) is 0 Å². The van der Waals surface area contributed by atoms with Gasteiger partial charge in [-0.1, -0.05) is 26.0 Å². The van der Waals surface area contributed by atoms with Crippen LogP contribution in [0.3, 0.4) is 0 Å². The highest BCUT2D eigenvalue weighted by Crippen LogP contribution is 2.07. The monoisotopic (exact) mass is 204 g/mol. The van der Waals surface area contributed by atoms with Gasteiger partial charge in [-0.3, -0.25) is 4.90 Å². The van der Waals surface area contributed by atoms with E-state index in [1.54, 1.807) is 4.80 Å². The van der Waals surface area contributed by atoms with Gasteiger partial charge in [-0.15, -0.1) is 0 Å². The average Bonchev–Trinajstić information content (AvgIpc) is 2.68. The zero-order valence-electron chi connectivity index (χ0n) is 9.22. The Morgan fingerprint density at radius 2 is 1.60 bits per heavy atom. The van der Waals surface area contributed by atoms with Gasteiger partial charge < -0.3 is 0 Å². The molecule has 0 saturated carbocycles. The molecule has 2 rings (SSSR count). The van der Waals surface area contributed by atoms with Crippen molar-refractivity contribution in [3.8, 4) is 0 Å². The summed E-state index contributed by atoms with van der Waals surface area (Å²) in [7, 11) is 0. The molecule has 4 heteroatoms. The van der Waals surface area contributed by atoms with E-state index in [9.17, 15) is 0 Å². The Bertz CT molecular complexity index is 398. The predicted molar refractivity (Wildman–Crippen MR) is 60.4 cm³/mol. The number of benzene rings is 1. The molecule has 0 aliphatic rings. The van der Waals surface area contributed by atoms with Gasteiger partial charge in [0.05, 0.1) is 0 Å². The Hall–Kier alpha value is -1.42. The first kappa shape index (κ1) is 10.1. The molecule has 0 spiro atoms. The zero-order chi connectivity index (χ0) is 10.7. The summed E-state index contributed by atoms with van der Waals surface area (Å²) in [4.78, 5) is 4.04. The van der Waals surface area contributed by atoms with Crippen molar-refractivity contribution in [3.05, 3.63) is 24.3 Å². The molecular formula is C11H16N4. The maximum absolute atomic E-state index is 4.41. The van der Waals surface area contributed by atoms with E-state index in [2.05, 4.69) is 28.9 Å². The van der Waals surface area contributed by atoms with Crippen molar-refractivity contribution in [2.24, 2.45) is 0 Å². The summed E-state index contributed by atoms with van der Waals surface area (Å²) in [5.41, 5.74) is 1.93. The second-order valence-corrected chi connectivity index (χ2v) is 3.51. The molecule has 80 valence electrons. The van der Waals surface area contributed by atoms with Crippen LogP contribution in [-0.4, -0.2) is 33.0 Å². The van der Waals surface area contributed by atoms with Crippen LogP contribution in [0.4, 0.5) is 0 Å². The minimum absolute atomic E-state index is 0.766. The molecule has 0 saturated heterocycles. The molecular weight excluding hydrogens is 188 g/mol. The molecule has 15 heavy (non-hydrogen) atoms. The first-order chi connectivity index (χ1) is 7.33. The maximum Gasteiger partial charge on any atom is 0.113 e. The van der Waals surface area contributed by atoms with Crippen molar-refractivity contribution in [1.29, 1.82) is 0 Å². The van der Waals surface area contributed by atoms with Crippen LogP contribution in [0.1, 0.15) is 13.8 Å². The molecule has 0 aliphatic carbocycles. The van der Waals surface area contributed by atoms with Crippen molar-refractivity contribution in [3.63, 3.8) is 0 Å². The predicted octanol–water partition coefficient (Wildman–Crippen LogP) is 1.73. The highest BCUT2D eigenvalue weighted by atomic mass is 15.5. The topological polar surface area (TPSA) is 34.0 Å². The van der Waals surface area contributed by atoms with Crippen LogP contribution in [0.25, 0.3) is 11.0 Å². The minimum atomic E-state index is 0.766. The van der Waals surface area contributed by atoms with Crippen LogP contribution >= 0.6 is 0 Å². The lowest BCUT2D eigenvalue weighted by molar-refractivity contribution is 0.215. The lowest BCUT2D eigenvalue weighted by Gasteiger charge is -2.16. The molecule has 4 nitrogen and oxygen atoms in total. The van der Waals surface area contributed by atoms with Crippen molar-refractivity contribution in [2.75, 3.05) is 13.1 Å². The van der Waals surface area contributed by atoms with Crippen molar-refractivity contribution in [2.45, 2.75) is 20.5 Å². The van der Waals surface area contributed by atoms with Gasteiger partial charge >= 0.3 is 0 Å². The van der Waals surface area contributed by atoms with Crippen LogP contribution in [0, 0.1) is 0 Å². The minimum Gasteiger partial charge on any atom is -0.283 e. The molecule has 0 bridgehead atoms. The quantitative estimate of drug-likeness (QED) is 0.760. The molecule has 1 aromatic carbocycles. The van der Waals surface area contributed by atoms with Crippen molar-refractivity contribution >= 4 is 11.0 Å². The average molecular weight is 204 g/mol. The van der Waals surface area contributed by atoms with Gasteiger partial charge in [0.25, 0.3) is 0 Å². The van der Waals surface area contributed by atoms with Gasteiger partial charge in [0.1, 0.15) is 17.7 Å². The first-order valence-electron chi connectivity index (χ1n) is 5.35. The van der Waals surface area contributed by atoms with Crippen molar-refractivity contribution in [1.82, 2.24) is 19.9 Å². The fourth-order valence-electron chi connectivity index (χ4n) is 1.57. The fourth-order valence-corrected chi connectivity index (χ4v) is 1.57. The molecule has 0 radical (unpaired) electrons. The van der Waals surface area contributed by atoms with Gasteiger partial charge in [-0.2, -0.15) is 15.0 Å². The van der Waals surface area contributed by atoms with Gasteiger partial charge in [0.15, 0.2) is 0 Å². The molecule has 1 aromatic heterocycles. The van der Waals surface area contributed by atoms with Crippen LogP contribution in [0.5, 0.6) is 0 Å². The summed E-state index contributed by atoms with van der Waals surface area (Å²) in [5.74, 6) is 0. The fraction of sp³-hybridized carbons (Fsp3) is 0.455. The van der Waals surface area contributed by atoms with Gasteiger partial charge in [0.2, 0.25) is 0 Å². The molecule has 0 aliphatic heterocycles. The van der Waals surface area contributed by atoms with Crippen LogP contribution < -0.4 is 0 Å². The third-order valence-electron chi connectivity index (χ3n) is 2.55. The van der Waals surface area contributed by atoms with Gasteiger partial charge in [0, 0.05) is 0 Å². The maximum atomic E-state index is 4.41. The van der Waals surface area contributed by atoms with Crippen molar-refractivity contribution < 1.29 is 0 Å². The van der Waals surface area contributed by atoms with E-state index in [0.717, 1.165) is 30.8 Å². The number of hydrogen-bond acceptors (Lipinski definition) is 3. The first-order valence-corrected chi connectivity index (χ1v) is 5.35. The van der Waals surface area contributed by atoms with E-state index < -0.39 is 0 Å². The Kier molecular flexibility index (Phi) is 2.97. The number of fused-ring (bicyclic) bond motifs is 1. The lowest BCUT2D eigenvalue weighted by atomic mass is 10.3. The molecule has 0 fully saturated rings. The SMILES string of the molecule is CCN(CC)Cn1nc2ccccc2n1. The molecule has 1 heterocycles. The number of rotatable bonds is 4. The second kappa shape index (κ2) is 4.40. The summed E-state index contributed by atoms with van der Waals surface area (Å²) >= 11 is 0. The Balaban J connectivity index is 2.21. The normalized spacial score (nSPS) is 11.4. The Morgan fingerprint density at radius 1 is 1.07 bits per heavy atom. The third-order valence-corrected chi connectivity index (χ3v) is 2.55. The van der Waals surface area contributed by atoms with E-state index in [1.165, 1.54) is 0 Å².